The van der Waals surface area contributed by atoms with Gasteiger partial charge in [-0.3, -0.25) is 10.2 Å². The Bertz CT molecular complexity index is 525. The first kappa shape index (κ1) is 15.1. The molecule has 5 nitrogen and oxygen atoms in total. The number of thiocarbonyl (C=S) groups is 1. The van der Waals surface area contributed by atoms with E-state index in [4.69, 9.17) is 5.73 Å². The van der Waals surface area contributed by atoms with Crippen LogP contribution in [0.1, 0.15) is 24.5 Å². The highest BCUT2D eigenvalue weighted by atomic mass is 32.1. The highest BCUT2D eigenvalue weighted by Gasteiger charge is 2.05. The third-order valence-corrected chi connectivity index (χ3v) is 2.66. The van der Waals surface area contributed by atoms with Crippen LogP contribution < -0.4 is 16.5 Å². The molecule has 0 saturated carbocycles. The number of anilines is 1. The van der Waals surface area contributed by atoms with Crippen LogP contribution in [0, 0.1) is 13.8 Å². The molecule has 1 rings (SSSR count). The Morgan fingerprint density at radius 3 is 2.63 bits per heavy atom. The zero-order valence-corrected chi connectivity index (χ0v) is 12.1. The van der Waals surface area contributed by atoms with Crippen LogP contribution in [-0.2, 0) is 4.79 Å². The van der Waals surface area contributed by atoms with Crippen LogP contribution in [0.4, 0.5) is 5.69 Å². The topological polar surface area (TPSA) is 79.5 Å². The Morgan fingerprint density at radius 2 is 2.05 bits per heavy atom. The molecule has 1 amide bonds. The molecule has 6 heteroatoms. The van der Waals surface area contributed by atoms with Crippen LogP contribution in [0.25, 0.3) is 0 Å². The van der Waals surface area contributed by atoms with Gasteiger partial charge in [0.25, 0.3) is 0 Å². The number of nitrogens with two attached hydrogens (primary N) is 1. The van der Waals surface area contributed by atoms with E-state index in [1.54, 1.807) is 6.92 Å². The van der Waals surface area contributed by atoms with E-state index in [9.17, 15) is 4.79 Å². The highest BCUT2D eigenvalue weighted by Crippen LogP contribution is 2.14. The molecule has 1 aromatic rings. The molecule has 0 aliphatic rings. The number of hydrogen-bond donors (Lipinski definition) is 3. The number of aryl methyl sites for hydroxylation is 2. The zero-order chi connectivity index (χ0) is 14.4. The largest absolute Gasteiger partial charge is 0.375 e. The van der Waals surface area contributed by atoms with E-state index in [1.807, 2.05) is 32.0 Å². The number of amides is 1. The minimum atomic E-state index is -0.130. The van der Waals surface area contributed by atoms with Gasteiger partial charge in [0.2, 0.25) is 5.91 Å². The van der Waals surface area contributed by atoms with Crippen molar-refractivity contribution < 1.29 is 4.79 Å². The van der Waals surface area contributed by atoms with Gasteiger partial charge in [0, 0.05) is 11.4 Å². The monoisotopic (exact) mass is 278 g/mol. The van der Waals surface area contributed by atoms with Gasteiger partial charge in [-0.15, -0.1) is 0 Å². The molecule has 0 fully saturated rings. The van der Waals surface area contributed by atoms with Gasteiger partial charge >= 0.3 is 0 Å². The van der Waals surface area contributed by atoms with Crippen LogP contribution in [0.2, 0.25) is 0 Å². The molecule has 0 bridgehead atoms. The summed E-state index contributed by atoms with van der Waals surface area (Å²) in [5.41, 5.74) is 11.4. The number of carbonyl (C=O) groups excluding carboxylic acids is 1. The molecular weight excluding hydrogens is 260 g/mol. The van der Waals surface area contributed by atoms with E-state index in [2.05, 4.69) is 28.1 Å². The number of rotatable bonds is 4. The lowest BCUT2D eigenvalue weighted by molar-refractivity contribution is -0.115. The second-order valence-electron chi connectivity index (χ2n) is 4.35. The Labute approximate surface area is 118 Å². The molecule has 0 aromatic heterocycles. The highest BCUT2D eigenvalue weighted by molar-refractivity contribution is 7.80. The number of benzene rings is 1. The summed E-state index contributed by atoms with van der Waals surface area (Å²) >= 11 is 4.62. The lowest BCUT2D eigenvalue weighted by Crippen LogP contribution is -2.26. The van der Waals surface area contributed by atoms with Crippen molar-refractivity contribution in [2.24, 2.45) is 10.8 Å². The van der Waals surface area contributed by atoms with Gasteiger partial charge < -0.3 is 11.1 Å². The average molecular weight is 278 g/mol. The molecule has 4 N–H and O–H groups in total. The zero-order valence-electron chi connectivity index (χ0n) is 11.3. The summed E-state index contributed by atoms with van der Waals surface area (Å²) in [5.74, 6) is -0.130. The third-order valence-electron chi connectivity index (χ3n) is 2.56. The van der Waals surface area contributed by atoms with Gasteiger partial charge in [0.05, 0.1) is 6.42 Å². The van der Waals surface area contributed by atoms with E-state index in [0.29, 0.717) is 5.71 Å². The summed E-state index contributed by atoms with van der Waals surface area (Å²) in [5, 5.41) is 6.77. The number of nitrogens with one attached hydrogen (secondary N) is 2. The standard InChI is InChI=1S/C13H18N4OS/c1-8-4-5-11(6-9(8)2)15-12(18)7-10(3)16-17-13(14)19/h4-6H,7H2,1-3H3,(H,15,18)(H3,14,17,19). The van der Waals surface area contributed by atoms with Crippen molar-refractivity contribution in [3.05, 3.63) is 29.3 Å². The summed E-state index contributed by atoms with van der Waals surface area (Å²) < 4.78 is 0. The maximum Gasteiger partial charge on any atom is 0.230 e. The Balaban J connectivity index is 2.57. The van der Waals surface area contributed by atoms with Gasteiger partial charge in [-0.05, 0) is 56.2 Å². The van der Waals surface area contributed by atoms with E-state index >= 15 is 0 Å². The summed E-state index contributed by atoms with van der Waals surface area (Å²) in [7, 11) is 0. The summed E-state index contributed by atoms with van der Waals surface area (Å²) in [6.45, 7) is 5.76. The predicted octanol–water partition coefficient (Wildman–Crippen LogP) is 1.84. The van der Waals surface area contributed by atoms with Crippen LogP contribution in [0.15, 0.2) is 23.3 Å². The van der Waals surface area contributed by atoms with Crippen molar-refractivity contribution >= 4 is 34.6 Å². The van der Waals surface area contributed by atoms with Gasteiger partial charge in [0.1, 0.15) is 0 Å². The molecule has 0 aliphatic heterocycles. The fraction of sp³-hybridized carbons (Fsp3) is 0.308. The number of carbonyl (C=O) groups is 1. The average Bonchev–Trinajstić information content (AvgIpc) is 2.31. The molecule has 0 heterocycles. The van der Waals surface area contributed by atoms with E-state index in [0.717, 1.165) is 11.3 Å². The smallest absolute Gasteiger partial charge is 0.230 e. The molecule has 0 saturated heterocycles. The number of hydrogen-bond acceptors (Lipinski definition) is 3. The first-order valence-electron chi connectivity index (χ1n) is 5.84. The second kappa shape index (κ2) is 6.84. The predicted molar refractivity (Wildman–Crippen MR) is 82.2 cm³/mol. The Kier molecular flexibility index (Phi) is 5.44. The van der Waals surface area contributed by atoms with Crippen molar-refractivity contribution in [1.82, 2.24) is 5.43 Å². The first-order valence-corrected chi connectivity index (χ1v) is 6.25. The second-order valence-corrected chi connectivity index (χ2v) is 4.79. The fourth-order valence-corrected chi connectivity index (χ4v) is 1.49. The van der Waals surface area contributed by atoms with Gasteiger partial charge in [-0.25, -0.2) is 0 Å². The first-order chi connectivity index (χ1) is 8.88. The van der Waals surface area contributed by atoms with Crippen molar-refractivity contribution in [3.63, 3.8) is 0 Å². The van der Waals surface area contributed by atoms with Crippen LogP contribution in [-0.4, -0.2) is 16.7 Å². The van der Waals surface area contributed by atoms with E-state index < -0.39 is 0 Å². The van der Waals surface area contributed by atoms with E-state index in [-0.39, 0.29) is 17.4 Å². The maximum atomic E-state index is 11.8. The summed E-state index contributed by atoms with van der Waals surface area (Å²) in [6, 6.07) is 5.78. The van der Waals surface area contributed by atoms with Gasteiger partial charge in [-0.2, -0.15) is 5.10 Å². The third kappa shape index (κ3) is 5.48. The summed E-state index contributed by atoms with van der Waals surface area (Å²) in [6.07, 6.45) is 0.183. The molecule has 102 valence electrons. The number of hydrazone groups is 1. The quantitative estimate of drug-likeness (QED) is 0.446. The molecular formula is C13H18N4OS. The van der Waals surface area contributed by atoms with Crippen molar-refractivity contribution in [2.75, 3.05) is 5.32 Å². The molecule has 0 unspecified atom stereocenters. The molecule has 0 radical (unpaired) electrons. The van der Waals surface area contributed by atoms with Crippen molar-refractivity contribution in [1.29, 1.82) is 0 Å². The Hall–Kier alpha value is -1.95. The van der Waals surface area contributed by atoms with Crippen LogP contribution in [0.3, 0.4) is 0 Å². The lowest BCUT2D eigenvalue weighted by atomic mass is 10.1. The minimum absolute atomic E-state index is 0.0777. The normalized spacial score (nSPS) is 11.0. The number of nitrogens with zero attached hydrogens (tertiary/aromatic N) is 1. The van der Waals surface area contributed by atoms with Crippen LogP contribution >= 0.6 is 12.2 Å². The van der Waals surface area contributed by atoms with Crippen molar-refractivity contribution in [3.8, 4) is 0 Å². The maximum absolute atomic E-state index is 11.8. The van der Waals surface area contributed by atoms with Gasteiger partial charge in [0.15, 0.2) is 5.11 Å². The van der Waals surface area contributed by atoms with Crippen molar-refractivity contribution in [2.45, 2.75) is 27.2 Å². The van der Waals surface area contributed by atoms with Crippen LogP contribution in [0.5, 0.6) is 0 Å². The molecule has 0 spiro atoms. The Morgan fingerprint density at radius 1 is 1.37 bits per heavy atom. The van der Waals surface area contributed by atoms with E-state index in [1.165, 1.54) is 5.56 Å². The minimum Gasteiger partial charge on any atom is -0.375 e. The fourth-order valence-electron chi connectivity index (χ4n) is 1.45. The van der Waals surface area contributed by atoms with Gasteiger partial charge in [-0.1, -0.05) is 6.07 Å². The molecule has 0 atom stereocenters. The molecule has 0 aliphatic carbocycles. The summed E-state index contributed by atoms with van der Waals surface area (Å²) in [4.78, 5) is 11.8. The lowest BCUT2D eigenvalue weighted by Gasteiger charge is -2.07. The molecule has 1 aromatic carbocycles. The molecule has 19 heavy (non-hydrogen) atoms. The SMILES string of the molecule is CC(CC(=O)Nc1ccc(C)c(C)c1)=NNC(N)=S.